The molecule has 0 saturated heterocycles. The van der Waals surface area contributed by atoms with Crippen molar-refractivity contribution >= 4 is 29.1 Å². The SMILES string of the molecule is COc1ccc(C(=O)N[C@@H](C)c2cc(F)c(Cl)cc2Cl)cc1OC. The van der Waals surface area contributed by atoms with Gasteiger partial charge >= 0.3 is 0 Å². The molecule has 0 bridgehead atoms. The van der Waals surface area contributed by atoms with E-state index < -0.39 is 11.9 Å². The van der Waals surface area contributed by atoms with E-state index in [0.29, 0.717) is 22.6 Å². The van der Waals surface area contributed by atoms with Gasteiger partial charge in [0.25, 0.3) is 5.91 Å². The van der Waals surface area contributed by atoms with Crippen LogP contribution in [0.1, 0.15) is 28.9 Å². The van der Waals surface area contributed by atoms with Crippen molar-refractivity contribution in [2.45, 2.75) is 13.0 Å². The summed E-state index contributed by atoms with van der Waals surface area (Å²) in [5.41, 5.74) is 0.817. The third-order valence-corrected chi connectivity index (χ3v) is 4.12. The highest BCUT2D eigenvalue weighted by molar-refractivity contribution is 6.35. The zero-order chi connectivity index (χ0) is 17.9. The smallest absolute Gasteiger partial charge is 0.251 e. The van der Waals surface area contributed by atoms with E-state index >= 15 is 0 Å². The molecule has 24 heavy (non-hydrogen) atoms. The summed E-state index contributed by atoms with van der Waals surface area (Å²) >= 11 is 11.8. The highest BCUT2D eigenvalue weighted by atomic mass is 35.5. The Labute approximate surface area is 149 Å². The highest BCUT2D eigenvalue weighted by Gasteiger charge is 2.17. The number of benzene rings is 2. The van der Waals surface area contributed by atoms with E-state index in [2.05, 4.69) is 5.32 Å². The van der Waals surface area contributed by atoms with Crippen LogP contribution in [0.15, 0.2) is 30.3 Å². The quantitative estimate of drug-likeness (QED) is 0.778. The van der Waals surface area contributed by atoms with Crippen molar-refractivity contribution in [3.05, 3.63) is 57.3 Å². The van der Waals surface area contributed by atoms with Crippen LogP contribution in [0.4, 0.5) is 4.39 Å². The van der Waals surface area contributed by atoms with Gasteiger partial charge < -0.3 is 14.8 Å². The molecule has 4 nitrogen and oxygen atoms in total. The molecule has 128 valence electrons. The van der Waals surface area contributed by atoms with Crippen molar-refractivity contribution in [3.63, 3.8) is 0 Å². The lowest BCUT2D eigenvalue weighted by atomic mass is 10.1. The van der Waals surface area contributed by atoms with Gasteiger partial charge in [0.2, 0.25) is 0 Å². The lowest BCUT2D eigenvalue weighted by Crippen LogP contribution is -2.27. The molecule has 1 atom stereocenters. The number of carbonyl (C=O) groups excluding carboxylic acids is 1. The summed E-state index contributed by atoms with van der Waals surface area (Å²) in [6.45, 7) is 1.70. The largest absolute Gasteiger partial charge is 0.493 e. The second kappa shape index (κ2) is 7.73. The fourth-order valence-electron chi connectivity index (χ4n) is 2.20. The number of carbonyl (C=O) groups is 1. The average Bonchev–Trinajstić information content (AvgIpc) is 2.57. The van der Waals surface area contributed by atoms with Crippen LogP contribution in [0.3, 0.4) is 0 Å². The second-order valence-electron chi connectivity index (χ2n) is 5.05. The molecule has 0 unspecified atom stereocenters. The Morgan fingerprint density at radius 2 is 1.75 bits per heavy atom. The van der Waals surface area contributed by atoms with Gasteiger partial charge in [0.15, 0.2) is 11.5 Å². The maximum atomic E-state index is 13.6. The molecule has 0 aromatic heterocycles. The first-order valence-corrected chi connectivity index (χ1v) is 7.80. The fraction of sp³-hybridized carbons (Fsp3) is 0.235. The van der Waals surface area contributed by atoms with Crippen LogP contribution in [-0.2, 0) is 0 Å². The van der Waals surface area contributed by atoms with Crippen molar-refractivity contribution in [1.29, 1.82) is 0 Å². The van der Waals surface area contributed by atoms with Crippen LogP contribution in [0.25, 0.3) is 0 Å². The summed E-state index contributed by atoms with van der Waals surface area (Å²) in [5, 5.41) is 2.97. The van der Waals surface area contributed by atoms with Crippen LogP contribution >= 0.6 is 23.2 Å². The molecule has 0 radical (unpaired) electrons. The summed E-state index contributed by atoms with van der Waals surface area (Å²) in [5.74, 6) is 0.0106. The predicted molar refractivity (Wildman–Crippen MR) is 91.8 cm³/mol. The minimum atomic E-state index is -0.594. The van der Waals surface area contributed by atoms with E-state index in [4.69, 9.17) is 32.7 Å². The Hall–Kier alpha value is -1.98. The molecule has 2 aromatic carbocycles. The summed E-state index contributed by atoms with van der Waals surface area (Å²) in [6.07, 6.45) is 0. The summed E-state index contributed by atoms with van der Waals surface area (Å²) in [7, 11) is 3.00. The van der Waals surface area contributed by atoms with E-state index in [1.165, 1.54) is 26.4 Å². The Balaban J connectivity index is 2.22. The molecule has 7 heteroatoms. The van der Waals surface area contributed by atoms with Gasteiger partial charge in [-0.25, -0.2) is 4.39 Å². The molecule has 0 spiro atoms. The van der Waals surface area contributed by atoms with E-state index in [9.17, 15) is 9.18 Å². The molecule has 2 aromatic rings. The molecule has 0 saturated carbocycles. The first-order valence-electron chi connectivity index (χ1n) is 7.04. The van der Waals surface area contributed by atoms with Crippen molar-refractivity contribution < 1.29 is 18.7 Å². The first kappa shape index (κ1) is 18.4. The third kappa shape index (κ3) is 3.91. The molecular formula is C17H16Cl2FNO3. The number of nitrogens with one attached hydrogen (secondary N) is 1. The molecule has 0 fully saturated rings. The first-order chi connectivity index (χ1) is 11.4. The Morgan fingerprint density at radius 3 is 2.38 bits per heavy atom. The second-order valence-corrected chi connectivity index (χ2v) is 5.87. The molecular weight excluding hydrogens is 356 g/mol. The van der Waals surface area contributed by atoms with Gasteiger partial charge in [0.05, 0.1) is 25.3 Å². The molecule has 0 heterocycles. The zero-order valence-corrected chi connectivity index (χ0v) is 14.8. The van der Waals surface area contributed by atoms with Crippen LogP contribution in [0.5, 0.6) is 11.5 Å². The van der Waals surface area contributed by atoms with E-state index in [0.717, 1.165) is 0 Å². The monoisotopic (exact) mass is 371 g/mol. The number of halogens is 3. The molecule has 2 rings (SSSR count). The van der Waals surface area contributed by atoms with Crippen molar-refractivity contribution in [3.8, 4) is 11.5 Å². The van der Waals surface area contributed by atoms with Gasteiger partial charge in [-0.15, -0.1) is 0 Å². The lowest BCUT2D eigenvalue weighted by molar-refractivity contribution is 0.0939. The van der Waals surface area contributed by atoms with E-state index in [-0.39, 0.29) is 16.0 Å². The molecule has 0 aliphatic carbocycles. The number of rotatable bonds is 5. The third-order valence-electron chi connectivity index (χ3n) is 3.50. The fourth-order valence-corrected chi connectivity index (χ4v) is 2.75. The van der Waals surface area contributed by atoms with Crippen molar-refractivity contribution in [1.82, 2.24) is 5.32 Å². The van der Waals surface area contributed by atoms with Gasteiger partial charge in [-0.2, -0.15) is 0 Å². The van der Waals surface area contributed by atoms with Gasteiger partial charge in [-0.05, 0) is 42.8 Å². The van der Waals surface area contributed by atoms with Crippen LogP contribution in [0, 0.1) is 5.82 Å². The van der Waals surface area contributed by atoms with Gasteiger partial charge in [0.1, 0.15) is 5.82 Å². The highest BCUT2D eigenvalue weighted by Crippen LogP contribution is 2.30. The Kier molecular flexibility index (Phi) is 5.91. The topological polar surface area (TPSA) is 47.6 Å². The average molecular weight is 372 g/mol. The van der Waals surface area contributed by atoms with Crippen LogP contribution in [-0.4, -0.2) is 20.1 Å². The molecule has 1 amide bonds. The van der Waals surface area contributed by atoms with Crippen molar-refractivity contribution in [2.75, 3.05) is 14.2 Å². The maximum Gasteiger partial charge on any atom is 0.251 e. The minimum Gasteiger partial charge on any atom is -0.493 e. The Bertz CT molecular complexity index is 768. The standard InChI is InChI=1S/C17H16Cl2FNO3/c1-9(11-7-14(20)13(19)8-12(11)18)21-17(22)10-4-5-15(23-2)16(6-10)24-3/h4-9H,1-3H3,(H,21,22)/t9-/m0/s1. The van der Waals surface area contributed by atoms with Gasteiger partial charge in [-0.1, -0.05) is 23.2 Å². The molecule has 1 N–H and O–H groups in total. The van der Waals surface area contributed by atoms with Gasteiger partial charge in [-0.3, -0.25) is 4.79 Å². The van der Waals surface area contributed by atoms with E-state index in [1.54, 1.807) is 25.1 Å². The summed E-state index contributed by atoms with van der Waals surface area (Å²) < 4.78 is 23.9. The normalized spacial score (nSPS) is 11.8. The van der Waals surface area contributed by atoms with Crippen LogP contribution < -0.4 is 14.8 Å². The van der Waals surface area contributed by atoms with Crippen molar-refractivity contribution in [2.24, 2.45) is 0 Å². The number of hydrogen-bond donors (Lipinski definition) is 1. The Morgan fingerprint density at radius 1 is 1.08 bits per heavy atom. The predicted octanol–water partition coefficient (Wildman–Crippen LogP) is 4.64. The van der Waals surface area contributed by atoms with Gasteiger partial charge in [0, 0.05) is 10.6 Å². The maximum absolute atomic E-state index is 13.6. The lowest BCUT2D eigenvalue weighted by Gasteiger charge is -2.17. The summed E-state index contributed by atoms with van der Waals surface area (Å²) in [4.78, 5) is 12.4. The number of ether oxygens (including phenoxy) is 2. The minimum absolute atomic E-state index is 0.0674. The number of amides is 1. The number of methoxy groups -OCH3 is 2. The summed E-state index contributed by atoms with van der Waals surface area (Å²) in [6, 6.07) is 6.81. The van der Waals surface area contributed by atoms with E-state index in [1.807, 2.05) is 0 Å². The zero-order valence-electron chi connectivity index (χ0n) is 13.3. The number of hydrogen-bond acceptors (Lipinski definition) is 3. The van der Waals surface area contributed by atoms with Crippen LogP contribution in [0.2, 0.25) is 10.0 Å². The molecule has 0 aliphatic heterocycles. The molecule has 0 aliphatic rings.